The van der Waals surface area contributed by atoms with E-state index in [9.17, 15) is 14.0 Å². The van der Waals surface area contributed by atoms with Crippen LogP contribution < -0.4 is 5.32 Å². The molecule has 0 bridgehead atoms. The molecule has 1 aliphatic heterocycles. The molecule has 0 spiro atoms. The highest BCUT2D eigenvalue weighted by Gasteiger charge is 2.21. The molecule has 1 aliphatic rings. The van der Waals surface area contributed by atoms with Gasteiger partial charge in [0.25, 0.3) is 0 Å². The fourth-order valence-electron chi connectivity index (χ4n) is 3.05. The minimum atomic E-state index is -0.328. The standard InChI is InChI=1S/C19H27ClFN3O2/c1-15(25)22-8-4-2-3-5-19(26)24-11-9-23(10-12-24)14-16-6-7-17(21)13-18(16)20/h6-7,13H,2-5,8-12,14H2,1H3,(H,22,25). The van der Waals surface area contributed by atoms with Crippen LogP contribution in [0.1, 0.15) is 38.2 Å². The highest BCUT2D eigenvalue weighted by Crippen LogP contribution is 2.20. The van der Waals surface area contributed by atoms with Crippen molar-refractivity contribution in [1.82, 2.24) is 15.1 Å². The van der Waals surface area contributed by atoms with Crippen LogP contribution in [0.3, 0.4) is 0 Å². The zero-order valence-corrected chi connectivity index (χ0v) is 16.0. The van der Waals surface area contributed by atoms with Crippen molar-refractivity contribution < 1.29 is 14.0 Å². The number of rotatable bonds is 8. The molecule has 1 fully saturated rings. The van der Waals surface area contributed by atoms with Gasteiger partial charge in [-0.1, -0.05) is 24.1 Å². The quantitative estimate of drug-likeness (QED) is 0.702. The summed E-state index contributed by atoms with van der Waals surface area (Å²) in [4.78, 5) is 27.2. The zero-order chi connectivity index (χ0) is 18.9. The second kappa shape index (κ2) is 10.5. The summed E-state index contributed by atoms with van der Waals surface area (Å²) in [5.74, 6) is -0.142. The first kappa shape index (κ1) is 20.6. The topological polar surface area (TPSA) is 52.7 Å². The Hall–Kier alpha value is -1.66. The SMILES string of the molecule is CC(=O)NCCCCCC(=O)N1CCN(Cc2ccc(F)cc2Cl)CC1. The summed E-state index contributed by atoms with van der Waals surface area (Å²) in [7, 11) is 0. The number of benzene rings is 1. The smallest absolute Gasteiger partial charge is 0.222 e. The van der Waals surface area contributed by atoms with Gasteiger partial charge in [0.2, 0.25) is 11.8 Å². The second-order valence-electron chi connectivity index (χ2n) is 6.69. The molecule has 7 heteroatoms. The predicted molar refractivity (Wildman–Crippen MR) is 100 cm³/mol. The molecule has 1 aromatic carbocycles. The maximum Gasteiger partial charge on any atom is 0.222 e. The molecule has 1 N–H and O–H groups in total. The average Bonchev–Trinajstić information content (AvgIpc) is 2.60. The molecular weight excluding hydrogens is 357 g/mol. The maximum absolute atomic E-state index is 13.1. The predicted octanol–water partition coefficient (Wildman–Crippen LogP) is 2.82. The number of nitrogens with one attached hydrogen (secondary N) is 1. The van der Waals surface area contributed by atoms with Crippen molar-refractivity contribution in [1.29, 1.82) is 0 Å². The highest BCUT2D eigenvalue weighted by molar-refractivity contribution is 6.31. The summed E-state index contributed by atoms with van der Waals surface area (Å²) < 4.78 is 13.1. The van der Waals surface area contributed by atoms with Crippen LogP contribution in [0.15, 0.2) is 18.2 Å². The highest BCUT2D eigenvalue weighted by atomic mass is 35.5. The first-order chi connectivity index (χ1) is 12.5. The number of carbonyl (C=O) groups excluding carboxylic acids is 2. The van der Waals surface area contributed by atoms with Crippen molar-refractivity contribution in [3.63, 3.8) is 0 Å². The van der Waals surface area contributed by atoms with Gasteiger partial charge in [-0.3, -0.25) is 14.5 Å². The van der Waals surface area contributed by atoms with Crippen LogP contribution in [0.4, 0.5) is 4.39 Å². The van der Waals surface area contributed by atoms with Crippen molar-refractivity contribution in [3.05, 3.63) is 34.6 Å². The Morgan fingerprint density at radius 2 is 1.88 bits per heavy atom. The van der Waals surface area contributed by atoms with Gasteiger partial charge in [-0.25, -0.2) is 4.39 Å². The van der Waals surface area contributed by atoms with Gasteiger partial charge in [-0.15, -0.1) is 0 Å². The fourth-order valence-corrected chi connectivity index (χ4v) is 3.27. The van der Waals surface area contributed by atoms with Gasteiger partial charge in [-0.05, 0) is 30.5 Å². The molecule has 2 amide bonds. The monoisotopic (exact) mass is 383 g/mol. The van der Waals surface area contributed by atoms with E-state index in [-0.39, 0.29) is 17.6 Å². The molecule has 1 heterocycles. The van der Waals surface area contributed by atoms with E-state index in [0.717, 1.165) is 37.9 Å². The third kappa shape index (κ3) is 6.92. The molecule has 0 unspecified atom stereocenters. The minimum Gasteiger partial charge on any atom is -0.356 e. The number of piperazine rings is 1. The van der Waals surface area contributed by atoms with E-state index in [2.05, 4.69) is 10.2 Å². The number of hydrogen-bond acceptors (Lipinski definition) is 3. The Labute approximate surface area is 159 Å². The molecule has 0 aliphatic carbocycles. The summed E-state index contributed by atoms with van der Waals surface area (Å²) in [6.07, 6.45) is 3.25. The van der Waals surface area contributed by atoms with Crippen LogP contribution in [0.25, 0.3) is 0 Å². The van der Waals surface area contributed by atoms with Crippen LogP contribution in [0.2, 0.25) is 5.02 Å². The van der Waals surface area contributed by atoms with E-state index in [1.54, 1.807) is 6.07 Å². The Morgan fingerprint density at radius 3 is 2.54 bits per heavy atom. The molecular formula is C19H27ClFN3O2. The lowest BCUT2D eigenvalue weighted by molar-refractivity contribution is -0.133. The van der Waals surface area contributed by atoms with E-state index >= 15 is 0 Å². The molecule has 5 nitrogen and oxygen atoms in total. The van der Waals surface area contributed by atoms with Gasteiger partial charge < -0.3 is 10.2 Å². The molecule has 144 valence electrons. The van der Waals surface area contributed by atoms with E-state index in [1.807, 2.05) is 4.90 Å². The first-order valence-electron chi connectivity index (χ1n) is 9.14. The molecule has 0 saturated carbocycles. The number of unbranched alkanes of at least 4 members (excludes halogenated alkanes) is 2. The zero-order valence-electron chi connectivity index (χ0n) is 15.3. The summed E-state index contributed by atoms with van der Waals surface area (Å²) in [6, 6.07) is 4.48. The average molecular weight is 384 g/mol. The minimum absolute atomic E-state index is 0.0131. The molecule has 0 aromatic heterocycles. The van der Waals surface area contributed by atoms with Crippen LogP contribution in [0, 0.1) is 5.82 Å². The van der Waals surface area contributed by atoms with Crippen LogP contribution in [-0.4, -0.2) is 54.3 Å². The van der Waals surface area contributed by atoms with E-state index in [0.29, 0.717) is 37.6 Å². The number of carbonyl (C=O) groups is 2. The van der Waals surface area contributed by atoms with E-state index < -0.39 is 0 Å². The molecule has 0 atom stereocenters. The van der Waals surface area contributed by atoms with Crippen molar-refractivity contribution >= 4 is 23.4 Å². The maximum atomic E-state index is 13.1. The van der Waals surface area contributed by atoms with Gasteiger partial charge >= 0.3 is 0 Å². The largest absolute Gasteiger partial charge is 0.356 e. The number of amides is 2. The lowest BCUT2D eigenvalue weighted by atomic mass is 10.1. The van der Waals surface area contributed by atoms with Crippen molar-refractivity contribution in [2.24, 2.45) is 0 Å². The van der Waals surface area contributed by atoms with Crippen LogP contribution in [0.5, 0.6) is 0 Å². The Bertz CT molecular complexity index is 619. The van der Waals surface area contributed by atoms with Crippen molar-refractivity contribution in [2.45, 2.75) is 39.2 Å². The fraction of sp³-hybridized carbons (Fsp3) is 0.579. The normalized spacial score (nSPS) is 15.1. The van der Waals surface area contributed by atoms with E-state index in [1.165, 1.54) is 19.1 Å². The third-order valence-electron chi connectivity index (χ3n) is 4.58. The molecule has 1 aromatic rings. The van der Waals surface area contributed by atoms with Gasteiger partial charge in [0.15, 0.2) is 0 Å². The lowest BCUT2D eigenvalue weighted by Crippen LogP contribution is -2.48. The summed E-state index contributed by atoms with van der Waals surface area (Å²) >= 11 is 6.08. The second-order valence-corrected chi connectivity index (χ2v) is 7.09. The molecule has 26 heavy (non-hydrogen) atoms. The molecule has 2 rings (SSSR count). The molecule has 0 radical (unpaired) electrons. The summed E-state index contributed by atoms with van der Waals surface area (Å²) in [5.41, 5.74) is 0.909. The Morgan fingerprint density at radius 1 is 1.15 bits per heavy atom. The lowest BCUT2D eigenvalue weighted by Gasteiger charge is -2.35. The summed E-state index contributed by atoms with van der Waals surface area (Å²) in [5, 5.41) is 3.21. The van der Waals surface area contributed by atoms with Crippen LogP contribution >= 0.6 is 11.6 Å². The Kier molecular flexibility index (Phi) is 8.32. The summed E-state index contributed by atoms with van der Waals surface area (Å²) in [6.45, 7) is 5.86. The van der Waals surface area contributed by atoms with E-state index in [4.69, 9.17) is 11.6 Å². The van der Waals surface area contributed by atoms with Gasteiger partial charge in [-0.2, -0.15) is 0 Å². The van der Waals surface area contributed by atoms with Crippen LogP contribution in [-0.2, 0) is 16.1 Å². The number of halogens is 2. The Balaban J connectivity index is 1.64. The van der Waals surface area contributed by atoms with Crippen molar-refractivity contribution in [2.75, 3.05) is 32.7 Å². The van der Waals surface area contributed by atoms with Gasteiger partial charge in [0.05, 0.1) is 0 Å². The van der Waals surface area contributed by atoms with Crippen molar-refractivity contribution in [3.8, 4) is 0 Å². The number of hydrogen-bond donors (Lipinski definition) is 1. The number of nitrogens with zero attached hydrogens (tertiary/aromatic N) is 2. The van der Waals surface area contributed by atoms with Gasteiger partial charge in [0.1, 0.15) is 5.82 Å². The first-order valence-corrected chi connectivity index (χ1v) is 9.52. The third-order valence-corrected chi connectivity index (χ3v) is 4.93. The van der Waals surface area contributed by atoms with Gasteiger partial charge in [0, 0.05) is 57.6 Å². The molecule has 1 saturated heterocycles.